The summed E-state index contributed by atoms with van der Waals surface area (Å²) >= 11 is 3.32. The predicted molar refractivity (Wildman–Crippen MR) is 75.4 cm³/mol. The summed E-state index contributed by atoms with van der Waals surface area (Å²) in [5.41, 5.74) is 0. The largest absolute Gasteiger partial charge is 0.425 e. The van der Waals surface area contributed by atoms with Gasteiger partial charge in [-0.25, -0.2) is 9.97 Å². The number of aromatic nitrogens is 4. The molecule has 3 aromatic heterocycles. The lowest BCUT2D eigenvalue weighted by molar-refractivity contribution is 0.485. The van der Waals surface area contributed by atoms with Gasteiger partial charge in [-0.3, -0.25) is 0 Å². The number of hydrogen-bond donors (Lipinski definition) is 0. The molecule has 7 heteroatoms. The van der Waals surface area contributed by atoms with Gasteiger partial charge in [0.1, 0.15) is 16.2 Å². The molecule has 0 spiro atoms. The zero-order chi connectivity index (χ0) is 13.2. The van der Waals surface area contributed by atoms with Crippen LogP contribution >= 0.6 is 23.1 Å². The Kier molecular flexibility index (Phi) is 3.48. The predicted octanol–water partition coefficient (Wildman–Crippen LogP) is 3.24. The lowest BCUT2D eigenvalue weighted by Crippen LogP contribution is -1.85. The summed E-state index contributed by atoms with van der Waals surface area (Å²) < 4.78 is 5.36. The molecular formula is C12H12N4OS2. The van der Waals surface area contributed by atoms with Gasteiger partial charge in [0.25, 0.3) is 0 Å². The Labute approximate surface area is 118 Å². The monoisotopic (exact) mass is 292 g/mol. The fourth-order valence-electron chi connectivity index (χ4n) is 1.70. The van der Waals surface area contributed by atoms with Crippen LogP contribution in [0, 0.1) is 6.92 Å². The van der Waals surface area contributed by atoms with Gasteiger partial charge in [0.15, 0.2) is 0 Å². The Balaban J connectivity index is 1.85. The van der Waals surface area contributed by atoms with Crippen molar-refractivity contribution >= 4 is 33.3 Å². The third-order valence-corrected chi connectivity index (χ3v) is 4.77. The molecular weight excluding hydrogens is 280 g/mol. The van der Waals surface area contributed by atoms with Crippen LogP contribution in [-0.2, 0) is 12.2 Å². The molecule has 0 fully saturated rings. The number of hydrogen-bond acceptors (Lipinski definition) is 7. The molecule has 0 saturated carbocycles. The van der Waals surface area contributed by atoms with Crippen molar-refractivity contribution in [3.05, 3.63) is 29.1 Å². The minimum atomic E-state index is 0.590. The summed E-state index contributed by atoms with van der Waals surface area (Å²) in [5.74, 6) is 1.84. The first-order valence-electron chi connectivity index (χ1n) is 5.91. The first-order valence-corrected chi connectivity index (χ1v) is 7.71. The highest BCUT2D eigenvalue weighted by Gasteiger charge is 2.10. The van der Waals surface area contributed by atoms with Crippen LogP contribution in [0.5, 0.6) is 0 Å². The first kappa shape index (κ1) is 12.6. The molecule has 0 radical (unpaired) electrons. The van der Waals surface area contributed by atoms with Crippen molar-refractivity contribution in [3.8, 4) is 0 Å². The molecule has 98 valence electrons. The maximum absolute atomic E-state index is 5.36. The SMILES string of the molecule is CCc1cc2c(SCc3nnc(C)o3)ncnc2s1. The molecule has 0 aromatic carbocycles. The fourth-order valence-corrected chi connectivity index (χ4v) is 3.51. The van der Waals surface area contributed by atoms with Gasteiger partial charge in [0.2, 0.25) is 11.8 Å². The smallest absolute Gasteiger partial charge is 0.226 e. The zero-order valence-electron chi connectivity index (χ0n) is 10.6. The topological polar surface area (TPSA) is 64.7 Å². The summed E-state index contributed by atoms with van der Waals surface area (Å²) in [6.07, 6.45) is 2.63. The van der Waals surface area contributed by atoms with Gasteiger partial charge in [-0.15, -0.1) is 21.5 Å². The third kappa shape index (κ3) is 2.62. The second-order valence-corrected chi connectivity index (χ2v) is 6.05. The number of rotatable bonds is 4. The highest BCUT2D eigenvalue weighted by atomic mass is 32.2. The highest BCUT2D eigenvalue weighted by Crippen LogP contribution is 2.32. The second kappa shape index (κ2) is 5.26. The standard InChI is InChI=1S/C12H12N4OS2/c1-3-8-4-9-11(13-6-14-12(9)19-8)18-5-10-16-15-7(2)17-10/h4,6H,3,5H2,1-2H3. The van der Waals surface area contributed by atoms with Gasteiger partial charge in [-0.05, 0) is 12.5 Å². The van der Waals surface area contributed by atoms with Gasteiger partial charge in [0, 0.05) is 17.2 Å². The van der Waals surface area contributed by atoms with Crippen LogP contribution < -0.4 is 0 Å². The van der Waals surface area contributed by atoms with E-state index in [-0.39, 0.29) is 0 Å². The van der Waals surface area contributed by atoms with Crippen LogP contribution in [0.2, 0.25) is 0 Å². The number of thiophene rings is 1. The van der Waals surface area contributed by atoms with Crippen LogP contribution in [-0.4, -0.2) is 20.2 Å². The van der Waals surface area contributed by atoms with Gasteiger partial charge in [-0.1, -0.05) is 18.7 Å². The maximum atomic E-state index is 5.36. The molecule has 0 bridgehead atoms. The molecule has 0 atom stereocenters. The third-order valence-electron chi connectivity index (χ3n) is 2.59. The quantitative estimate of drug-likeness (QED) is 0.543. The molecule has 3 rings (SSSR count). The van der Waals surface area contributed by atoms with Crippen molar-refractivity contribution in [2.75, 3.05) is 0 Å². The number of thioether (sulfide) groups is 1. The number of nitrogens with zero attached hydrogens (tertiary/aromatic N) is 4. The molecule has 3 aromatic rings. The first-order chi connectivity index (χ1) is 9.26. The van der Waals surface area contributed by atoms with E-state index in [1.54, 1.807) is 36.3 Å². The average Bonchev–Trinajstić information content (AvgIpc) is 3.02. The molecule has 0 N–H and O–H groups in total. The van der Waals surface area contributed by atoms with E-state index in [1.165, 1.54) is 4.88 Å². The van der Waals surface area contributed by atoms with Crippen LogP contribution in [0.3, 0.4) is 0 Å². The van der Waals surface area contributed by atoms with E-state index in [9.17, 15) is 0 Å². The molecule has 0 aliphatic carbocycles. The van der Waals surface area contributed by atoms with Crippen molar-refractivity contribution in [2.45, 2.75) is 31.0 Å². The van der Waals surface area contributed by atoms with Crippen molar-refractivity contribution in [1.82, 2.24) is 20.2 Å². The van der Waals surface area contributed by atoms with Crippen LogP contribution in [0.25, 0.3) is 10.2 Å². The van der Waals surface area contributed by atoms with E-state index in [0.717, 1.165) is 21.7 Å². The van der Waals surface area contributed by atoms with E-state index in [0.29, 0.717) is 17.5 Å². The summed E-state index contributed by atoms with van der Waals surface area (Å²) in [7, 11) is 0. The Morgan fingerprint density at radius 3 is 2.95 bits per heavy atom. The average molecular weight is 292 g/mol. The molecule has 0 aliphatic heterocycles. The molecule has 3 heterocycles. The Bertz CT molecular complexity index is 707. The molecule has 0 amide bonds. The molecule has 5 nitrogen and oxygen atoms in total. The van der Waals surface area contributed by atoms with Crippen LogP contribution in [0.1, 0.15) is 23.6 Å². The minimum Gasteiger partial charge on any atom is -0.425 e. The highest BCUT2D eigenvalue weighted by molar-refractivity contribution is 7.98. The van der Waals surface area contributed by atoms with E-state index in [1.807, 2.05) is 0 Å². The van der Waals surface area contributed by atoms with E-state index in [4.69, 9.17) is 4.42 Å². The Morgan fingerprint density at radius 1 is 1.32 bits per heavy atom. The van der Waals surface area contributed by atoms with Crippen LogP contribution in [0.15, 0.2) is 21.8 Å². The van der Waals surface area contributed by atoms with Crippen molar-refractivity contribution in [2.24, 2.45) is 0 Å². The lowest BCUT2D eigenvalue weighted by Gasteiger charge is -1.98. The Hall–Kier alpha value is -1.47. The van der Waals surface area contributed by atoms with Gasteiger partial charge in [0.05, 0.1) is 5.75 Å². The zero-order valence-corrected chi connectivity index (χ0v) is 12.2. The van der Waals surface area contributed by atoms with Crippen molar-refractivity contribution in [1.29, 1.82) is 0 Å². The van der Waals surface area contributed by atoms with E-state index in [2.05, 4.69) is 33.2 Å². The Morgan fingerprint density at radius 2 is 2.21 bits per heavy atom. The number of aryl methyl sites for hydroxylation is 2. The fraction of sp³-hybridized carbons (Fsp3) is 0.333. The van der Waals surface area contributed by atoms with Crippen molar-refractivity contribution < 1.29 is 4.42 Å². The lowest BCUT2D eigenvalue weighted by atomic mass is 10.3. The molecule has 0 saturated heterocycles. The summed E-state index contributed by atoms with van der Waals surface area (Å²) in [6.45, 7) is 3.93. The molecule has 19 heavy (non-hydrogen) atoms. The number of fused-ring (bicyclic) bond motifs is 1. The van der Waals surface area contributed by atoms with Gasteiger partial charge >= 0.3 is 0 Å². The van der Waals surface area contributed by atoms with Crippen LogP contribution in [0.4, 0.5) is 0 Å². The maximum Gasteiger partial charge on any atom is 0.226 e. The van der Waals surface area contributed by atoms with E-state index < -0.39 is 0 Å². The normalized spacial score (nSPS) is 11.3. The minimum absolute atomic E-state index is 0.590. The van der Waals surface area contributed by atoms with E-state index >= 15 is 0 Å². The summed E-state index contributed by atoms with van der Waals surface area (Å²) in [4.78, 5) is 11.0. The molecule has 0 unspecified atom stereocenters. The summed E-state index contributed by atoms with van der Waals surface area (Å²) in [5, 5.41) is 9.89. The second-order valence-electron chi connectivity index (χ2n) is 3.97. The molecule has 0 aliphatic rings. The van der Waals surface area contributed by atoms with Crippen molar-refractivity contribution in [3.63, 3.8) is 0 Å². The van der Waals surface area contributed by atoms with Gasteiger partial charge in [-0.2, -0.15) is 0 Å². The van der Waals surface area contributed by atoms with Gasteiger partial charge < -0.3 is 4.42 Å². The summed E-state index contributed by atoms with van der Waals surface area (Å²) in [6, 6.07) is 2.17.